The molecule has 3 heteroatoms. The van der Waals surface area contributed by atoms with Gasteiger partial charge in [-0.15, -0.1) is 0 Å². The van der Waals surface area contributed by atoms with E-state index in [1.54, 1.807) is 0 Å². The predicted molar refractivity (Wildman–Crippen MR) is 66.1 cm³/mol. The smallest absolute Gasteiger partial charge is 0.147 e. The summed E-state index contributed by atoms with van der Waals surface area (Å²) in [4.78, 5) is 0. The normalized spacial score (nSPS) is 19.5. The van der Waals surface area contributed by atoms with E-state index in [4.69, 9.17) is 14.2 Å². The molecule has 1 atom stereocenters. The second-order valence-electron chi connectivity index (χ2n) is 4.24. The third-order valence-electron chi connectivity index (χ3n) is 2.89. The molecule has 0 aliphatic carbocycles. The molecule has 0 bridgehead atoms. The van der Waals surface area contributed by atoms with Crippen molar-refractivity contribution in [2.45, 2.75) is 32.3 Å². The minimum absolute atomic E-state index is 0.0253. The molecule has 1 saturated heterocycles. The summed E-state index contributed by atoms with van der Waals surface area (Å²) in [6, 6.07) is 8.06. The summed E-state index contributed by atoms with van der Waals surface area (Å²) in [5.74, 6) is 0.930. The van der Waals surface area contributed by atoms with Crippen molar-refractivity contribution in [1.29, 1.82) is 0 Å². The summed E-state index contributed by atoms with van der Waals surface area (Å²) in [5, 5.41) is 0. The SMILES string of the molecule is CCCCCOc1ccccc1C1COCO1. The highest BCUT2D eigenvalue weighted by molar-refractivity contribution is 5.35. The molecule has 0 spiro atoms. The van der Waals surface area contributed by atoms with E-state index in [1.165, 1.54) is 12.8 Å². The molecular weight excluding hydrogens is 216 g/mol. The Bertz CT molecular complexity index is 332. The average molecular weight is 236 g/mol. The maximum absolute atomic E-state index is 5.82. The van der Waals surface area contributed by atoms with Gasteiger partial charge >= 0.3 is 0 Å². The standard InChI is InChI=1S/C14H20O3/c1-2-3-6-9-16-13-8-5-4-7-12(13)14-10-15-11-17-14/h4-5,7-8,14H,2-3,6,9-11H2,1H3. The van der Waals surface area contributed by atoms with Crippen LogP contribution in [0.25, 0.3) is 0 Å². The molecule has 1 aliphatic rings. The molecule has 1 heterocycles. The van der Waals surface area contributed by atoms with Crippen LogP contribution in [-0.2, 0) is 9.47 Å². The van der Waals surface area contributed by atoms with Crippen LogP contribution in [0.5, 0.6) is 5.75 Å². The summed E-state index contributed by atoms with van der Waals surface area (Å²) in [6.45, 7) is 3.97. The third-order valence-corrected chi connectivity index (χ3v) is 2.89. The Hall–Kier alpha value is -1.06. The molecule has 0 amide bonds. The fraction of sp³-hybridized carbons (Fsp3) is 0.571. The Kier molecular flexibility index (Phi) is 4.83. The predicted octanol–water partition coefficient (Wildman–Crippen LogP) is 3.30. The second kappa shape index (κ2) is 6.62. The third kappa shape index (κ3) is 3.45. The Labute approximate surface area is 103 Å². The molecule has 0 saturated carbocycles. The Morgan fingerprint density at radius 1 is 1.29 bits per heavy atom. The van der Waals surface area contributed by atoms with Gasteiger partial charge in [-0.2, -0.15) is 0 Å². The lowest BCUT2D eigenvalue weighted by Gasteiger charge is -2.14. The van der Waals surface area contributed by atoms with Gasteiger partial charge in [0.15, 0.2) is 0 Å². The maximum atomic E-state index is 5.82. The Balaban J connectivity index is 1.95. The van der Waals surface area contributed by atoms with Crippen molar-refractivity contribution in [2.24, 2.45) is 0 Å². The molecule has 1 aliphatic heterocycles. The highest BCUT2D eigenvalue weighted by atomic mass is 16.7. The molecule has 1 aromatic carbocycles. The highest BCUT2D eigenvalue weighted by Crippen LogP contribution is 2.30. The van der Waals surface area contributed by atoms with Crippen molar-refractivity contribution >= 4 is 0 Å². The first-order valence-electron chi connectivity index (χ1n) is 6.33. The van der Waals surface area contributed by atoms with E-state index >= 15 is 0 Å². The summed E-state index contributed by atoms with van der Waals surface area (Å²) < 4.78 is 16.6. The van der Waals surface area contributed by atoms with Crippen LogP contribution in [0, 0.1) is 0 Å². The minimum Gasteiger partial charge on any atom is -0.493 e. The molecule has 0 aromatic heterocycles. The van der Waals surface area contributed by atoms with Gasteiger partial charge in [0.25, 0.3) is 0 Å². The average Bonchev–Trinajstić information content (AvgIpc) is 2.89. The van der Waals surface area contributed by atoms with Crippen LogP contribution in [0.15, 0.2) is 24.3 Å². The number of hydrogen-bond donors (Lipinski definition) is 0. The maximum Gasteiger partial charge on any atom is 0.147 e. The van der Waals surface area contributed by atoms with Crippen LogP contribution in [0.2, 0.25) is 0 Å². The van der Waals surface area contributed by atoms with Crippen molar-refractivity contribution in [3.63, 3.8) is 0 Å². The highest BCUT2D eigenvalue weighted by Gasteiger charge is 2.21. The van der Waals surface area contributed by atoms with E-state index < -0.39 is 0 Å². The van der Waals surface area contributed by atoms with E-state index in [0.717, 1.165) is 24.3 Å². The number of unbranched alkanes of at least 4 members (excludes halogenated alkanes) is 2. The van der Waals surface area contributed by atoms with Gasteiger partial charge in [0.05, 0.1) is 13.2 Å². The lowest BCUT2D eigenvalue weighted by Crippen LogP contribution is -2.05. The van der Waals surface area contributed by atoms with Crippen LogP contribution in [0.1, 0.15) is 37.9 Å². The van der Waals surface area contributed by atoms with E-state index in [0.29, 0.717) is 13.4 Å². The van der Waals surface area contributed by atoms with Crippen molar-refractivity contribution in [2.75, 3.05) is 20.0 Å². The molecular formula is C14H20O3. The quantitative estimate of drug-likeness (QED) is 0.709. The van der Waals surface area contributed by atoms with Gasteiger partial charge in [0.2, 0.25) is 0 Å². The minimum atomic E-state index is 0.0253. The van der Waals surface area contributed by atoms with Crippen LogP contribution in [0.3, 0.4) is 0 Å². The zero-order chi connectivity index (χ0) is 11.9. The van der Waals surface area contributed by atoms with Gasteiger partial charge < -0.3 is 14.2 Å². The van der Waals surface area contributed by atoms with Crippen molar-refractivity contribution in [3.05, 3.63) is 29.8 Å². The van der Waals surface area contributed by atoms with Gasteiger partial charge in [-0.25, -0.2) is 0 Å². The molecule has 94 valence electrons. The van der Waals surface area contributed by atoms with Crippen molar-refractivity contribution in [3.8, 4) is 5.75 Å². The van der Waals surface area contributed by atoms with E-state index in [2.05, 4.69) is 13.0 Å². The number of benzene rings is 1. The van der Waals surface area contributed by atoms with Crippen molar-refractivity contribution < 1.29 is 14.2 Å². The number of hydrogen-bond acceptors (Lipinski definition) is 3. The molecule has 3 nitrogen and oxygen atoms in total. The van der Waals surface area contributed by atoms with Gasteiger partial charge in [0, 0.05) is 5.56 Å². The molecule has 1 unspecified atom stereocenters. The zero-order valence-corrected chi connectivity index (χ0v) is 10.4. The number of para-hydroxylation sites is 1. The molecule has 0 radical (unpaired) electrons. The van der Waals surface area contributed by atoms with Crippen LogP contribution in [-0.4, -0.2) is 20.0 Å². The largest absolute Gasteiger partial charge is 0.493 e. The first kappa shape index (κ1) is 12.4. The Morgan fingerprint density at radius 2 is 2.18 bits per heavy atom. The summed E-state index contributed by atoms with van der Waals surface area (Å²) in [6.07, 6.45) is 3.56. The van der Waals surface area contributed by atoms with Gasteiger partial charge in [-0.05, 0) is 12.5 Å². The van der Waals surface area contributed by atoms with Gasteiger partial charge in [0.1, 0.15) is 18.6 Å². The van der Waals surface area contributed by atoms with E-state index in [-0.39, 0.29) is 6.10 Å². The van der Waals surface area contributed by atoms with Crippen molar-refractivity contribution in [1.82, 2.24) is 0 Å². The molecule has 17 heavy (non-hydrogen) atoms. The first-order chi connectivity index (χ1) is 8.42. The van der Waals surface area contributed by atoms with Crippen LogP contribution >= 0.6 is 0 Å². The van der Waals surface area contributed by atoms with E-state index in [9.17, 15) is 0 Å². The monoisotopic (exact) mass is 236 g/mol. The molecule has 1 fully saturated rings. The van der Waals surface area contributed by atoms with Crippen LogP contribution < -0.4 is 4.74 Å². The summed E-state index contributed by atoms with van der Waals surface area (Å²) >= 11 is 0. The fourth-order valence-electron chi connectivity index (χ4n) is 1.93. The number of ether oxygens (including phenoxy) is 3. The number of rotatable bonds is 6. The van der Waals surface area contributed by atoms with Gasteiger partial charge in [-0.3, -0.25) is 0 Å². The van der Waals surface area contributed by atoms with E-state index in [1.807, 2.05) is 18.2 Å². The first-order valence-corrected chi connectivity index (χ1v) is 6.33. The topological polar surface area (TPSA) is 27.7 Å². The second-order valence-corrected chi connectivity index (χ2v) is 4.24. The Morgan fingerprint density at radius 3 is 2.94 bits per heavy atom. The lowest BCUT2D eigenvalue weighted by atomic mass is 10.1. The van der Waals surface area contributed by atoms with Crippen LogP contribution in [0.4, 0.5) is 0 Å². The fourth-order valence-corrected chi connectivity index (χ4v) is 1.93. The molecule has 1 aromatic rings. The lowest BCUT2D eigenvalue weighted by molar-refractivity contribution is 0.0458. The summed E-state index contributed by atoms with van der Waals surface area (Å²) in [7, 11) is 0. The summed E-state index contributed by atoms with van der Waals surface area (Å²) in [5.41, 5.74) is 1.10. The van der Waals surface area contributed by atoms with Gasteiger partial charge in [-0.1, -0.05) is 38.0 Å². The molecule has 0 N–H and O–H groups in total. The zero-order valence-electron chi connectivity index (χ0n) is 10.4. The molecule has 2 rings (SSSR count).